The van der Waals surface area contributed by atoms with Gasteiger partial charge < -0.3 is 9.64 Å². The zero-order valence-corrected chi connectivity index (χ0v) is 15.3. The van der Waals surface area contributed by atoms with Crippen molar-refractivity contribution in [2.75, 3.05) is 32.8 Å². The number of hydrogen-bond acceptors (Lipinski definition) is 5. The van der Waals surface area contributed by atoms with E-state index in [4.69, 9.17) is 4.74 Å². The first kappa shape index (κ1) is 19.2. The average molecular weight is 379 g/mol. The molecule has 2 heterocycles. The number of carbonyl (C=O) groups is 1. The van der Waals surface area contributed by atoms with Gasteiger partial charge >= 0.3 is 0 Å². The number of amides is 1. The fraction of sp³-hybridized carbons (Fsp3) is 0.500. The Morgan fingerprint density at radius 3 is 2.85 bits per heavy atom. The summed E-state index contributed by atoms with van der Waals surface area (Å²) >= 11 is 0. The predicted octanol–water partition coefficient (Wildman–Crippen LogP) is 1.76. The van der Waals surface area contributed by atoms with Crippen LogP contribution in [0.15, 0.2) is 18.2 Å². The number of rotatable bonds is 6. The maximum Gasteiger partial charge on any atom is 0.260 e. The molecule has 9 heteroatoms. The van der Waals surface area contributed by atoms with E-state index < -0.39 is 11.6 Å². The Morgan fingerprint density at radius 2 is 2.11 bits per heavy atom. The molecule has 0 saturated carbocycles. The van der Waals surface area contributed by atoms with Gasteiger partial charge in [-0.1, -0.05) is 6.92 Å². The summed E-state index contributed by atoms with van der Waals surface area (Å²) in [6.07, 6.45) is 1.61. The number of aromatic nitrogens is 3. The van der Waals surface area contributed by atoms with Gasteiger partial charge in [-0.05, 0) is 18.6 Å². The quantitative estimate of drug-likeness (QED) is 0.828. The lowest BCUT2D eigenvalue weighted by molar-refractivity contribution is -0.133. The van der Waals surface area contributed by atoms with Gasteiger partial charge in [-0.2, -0.15) is 5.10 Å². The molecule has 1 amide bonds. The number of aryl methyl sites for hydroxylation is 1. The Morgan fingerprint density at radius 1 is 1.26 bits per heavy atom. The summed E-state index contributed by atoms with van der Waals surface area (Å²) in [6, 6.07) is 3.02. The number of nitrogens with one attached hydrogen (secondary N) is 1. The molecular formula is C18H23F2N5O2. The predicted molar refractivity (Wildman–Crippen MR) is 94.1 cm³/mol. The SMILES string of the molecule is CCc1n[nH]c(CN2CCCN(C(=O)COc3ccc(F)cc3F)CC2)n1. The number of aromatic amines is 1. The molecule has 1 saturated heterocycles. The molecule has 1 fully saturated rings. The maximum atomic E-state index is 13.6. The van der Waals surface area contributed by atoms with Gasteiger partial charge in [0.1, 0.15) is 17.5 Å². The molecule has 0 spiro atoms. The summed E-state index contributed by atoms with van der Waals surface area (Å²) in [5.41, 5.74) is 0. The van der Waals surface area contributed by atoms with Gasteiger partial charge in [0.25, 0.3) is 5.91 Å². The lowest BCUT2D eigenvalue weighted by Gasteiger charge is -2.21. The molecule has 27 heavy (non-hydrogen) atoms. The van der Waals surface area contributed by atoms with Gasteiger partial charge in [0.15, 0.2) is 18.2 Å². The van der Waals surface area contributed by atoms with E-state index in [1.54, 1.807) is 4.90 Å². The van der Waals surface area contributed by atoms with Crippen LogP contribution < -0.4 is 4.74 Å². The lowest BCUT2D eigenvalue weighted by Crippen LogP contribution is -2.38. The molecule has 3 rings (SSSR count). The number of H-pyrrole nitrogens is 1. The lowest BCUT2D eigenvalue weighted by atomic mass is 10.3. The van der Waals surface area contributed by atoms with Crippen LogP contribution in [0.5, 0.6) is 5.75 Å². The normalized spacial score (nSPS) is 15.6. The Hall–Kier alpha value is -2.55. The second-order valence-corrected chi connectivity index (χ2v) is 6.43. The molecule has 146 valence electrons. The molecule has 0 aliphatic carbocycles. The zero-order valence-electron chi connectivity index (χ0n) is 15.3. The van der Waals surface area contributed by atoms with Crippen LogP contribution in [0.2, 0.25) is 0 Å². The van der Waals surface area contributed by atoms with Crippen LogP contribution in [0.3, 0.4) is 0 Å². The largest absolute Gasteiger partial charge is 0.481 e. The minimum absolute atomic E-state index is 0.127. The number of halogens is 2. The van der Waals surface area contributed by atoms with Crippen LogP contribution in [0.25, 0.3) is 0 Å². The van der Waals surface area contributed by atoms with E-state index in [0.29, 0.717) is 26.2 Å². The molecule has 1 aromatic carbocycles. The van der Waals surface area contributed by atoms with E-state index >= 15 is 0 Å². The minimum atomic E-state index is -0.816. The van der Waals surface area contributed by atoms with Crippen LogP contribution in [0.1, 0.15) is 25.0 Å². The third-order valence-corrected chi connectivity index (χ3v) is 4.45. The Balaban J connectivity index is 1.48. The molecule has 1 aliphatic heterocycles. The van der Waals surface area contributed by atoms with Crippen molar-refractivity contribution in [1.29, 1.82) is 0 Å². The zero-order chi connectivity index (χ0) is 19.2. The molecule has 1 aliphatic rings. The third-order valence-electron chi connectivity index (χ3n) is 4.45. The average Bonchev–Trinajstić information content (AvgIpc) is 2.97. The standard InChI is InChI=1S/C18H23F2N5O2/c1-2-16-21-17(23-22-16)11-24-6-3-7-25(9-8-24)18(26)12-27-15-5-4-13(19)10-14(15)20/h4-5,10H,2-3,6-9,11-12H2,1H3,(H,21,22,23). The molecule has 7 nitrogen and oxygen atoms in total. The van der Waals surface area contributed by atoms with E-state index in [9.17, 15) is 13.6 Å². The summed E-state index contributed by atoms with van der Waals surface area (Å²) < 4.78 is 31.7. The van der Waals surface area contributed by atoms with E-state index in [1.165, 1.54) is 6.07 Å². The van der Waals surface area contributed by atoms with E-state index in [2.05, 4.69) is 20.1 Å². The van der Waals surface area contributed by atoms with Crippen LogP contribution >= 0.6 is 0 Å². The minimum Gasteiger partial charge on any atom is -0.481 e. The number of nitrogens with zero attached hydrogens (tertiary/aromatic N) is 4. The summed E-state index contributed by atoms with van der Waals surface area (Å²) in [6.45, 7) is 5.11. The van der Waals surface area contributed by atoms with Crippen molar-refractivity contribution in [3.05, 3.63) is 41.5 Å². The van der Waals surface area contributed by atoms with Crippen LogP contribution in [-0.2, 0) is 17.8 Å². The van der Waals surface area contributed by atoms with Crippen molar-refractivity contribution < 1.29 is 18.3 Å². The van der Waals surface area contributed by atoms with Crippen LogP contribution in [-0.4, -0.2) is 63.7 Å². The van der Waals surface area contributed by atoms with Gasteiger partial charge in [-0.3, -0.25) is 14.8 Å². The Kier molecular flexibility index (Phi) is 6.33. The monoisotopic (exact) mass is 379 g/mol. The van der Waals surface area contributed by atoms with Crippen molar-refractivity contribution in [2.45, 2.75) is 26.3 Å². The first-order valence-electron chi connectivity index (χ1n) is 9.03. The fourth-order valence-electron chi connectivity index (χ4n) is 2.98. The van der Waals surface area contributed by atoms with Crippen LogP contribution in [0, 0.1) is 11.6 Å². The summed E-state index contributed by atoms with van der Waals surface area (Å²) in [7, 11) is 0. The molecule has 0 atom stereocenters. The highest BCUT2D eigenvalue weighted by Crippen LogP contribution is 2.17. The third kappa shape index (κ3) is 5.22. The summed E-state index contributed by atoms with van der Waals surface area (Å²) in [4.78, 5) is 20.7. The second kappa shape index (κ2) is 8.90. The van der Waals surface area contributed by atoms with Crippen molar-refractivity contribution >= 4 is 5.91 Å². The molecule has 1 aromatic heterocycles. The first-order chi connectivity index (χ1) is 13.0. The van der Waals surface area contributed by atoms with Crippen molar-refractivity contribution in [1.82, 2.24) is 25.0 Å². The van der Waals surface area contributed by atoms with E-state index in [-0.39, 0.29) is 18.3 Å². The molecule has 1 N–H and O–H groups in total. The number of benzene rings is 1. The van der Waals surface area contributed by atoms with Crippen molar-refractivity contribution in [3.8, 4) is 5.75 Å². The smallest absolute Gasteiger partial charge is 0.260 e. The van der Waals surface area contributed by atoms with Gasteiger partial charge in [0.2, 0.25) is 0 Å². The van der Waals surface area contributed by atoms with E-state index in [1.807, 2.05) is 6.92 Å². The molecule has 2 aromatic rings. The van der Waals surface area contributed by atoms with Crippen LogP contribution in [0.4, 0.5) is 8.78 Å². The highest BCUT2D eigenvalue weighted by molar-refractivity contribution is 5.77. The van der Waals surface area contributed by atoms with Gasteiger partial charge in [-0.15, -0.1) is 0 Å². The second-order valence-electron chi connectivity index (χ2n) is 6.43. The van der Waals surface area contributed by atoms with Crippen molar-refractivity contribution in [2.24, 2.45) is 0 Å². The number of carbonyl (C=O) groups excluding carboxylic acids is 1. The fourth-order valence-corrected chi connectivity index (χ4v) is 2.98. The molecule has 0 bridgehead atoms. The topological polar surface area (TPSA) is 74.4 Å². The Labute approximate surface area is 156 Å². The van der Waals surface area contributed by atoms with Gasteiger partial charge in [-0.25, -0.2) is 13.8 Å². The van der Waals surface area contributed by atoms with Gasteiger partial charge in [0, 0.05) is 38.7 Å². The highest BCUT2D eigenvalue weighted by atomic mass is 19.1. The first-order valence-corrected chi connectivity index (χ1v) is 9.03. The van der Waals surface area contributed by atoms with Crippen molar-refractivity contribution in [3.63, 3.8) is 0 Å². The molecular weight excluding hydrogens is 356 g/mol. The highest BCUT2D eigenvalue weighted by Gasteiger charge is 2.20. The Bertz CT molecular complexity index is 783. The summed E-state index contributed by atoms with van der Waals surface area (Å²) in [5, 5.41) is 7.08. The number of hydrogen-bond donors (Lipinski definition) is 1. The maximum absolute atomic E-state index is 13.6. The number of ether oxygens (including phenoxy) is 1. The molecule has 0 unspecified atom stereocenters. The summed E-state index contributed by atoms with van der Waals surface area (Å²) in [5.74, 6) is -0.227. The molecule has 0 radical (unpaired) electrons. The van der Waals surface area contributed by atoms with E-state index in [0.717, 1.165) is 43.2 Å². The van der Waals surface area contributed by atoms with Gasteiger partial charge in [0.05, 0.1) is 6.54 Å².